The molecule has 1 heterocycles. The first kappa shape index (κ1) is 10.5. The third-order valence-electron chi connectivity index (χ3n) is 2.50. The molecule has 2 rings (SSSR count). The Balaban J connectivity index is 2.29. The fourth-order valence-corrected chi connectivity index (χ4v) is 1.67. The normalized spacial score (nSPS) is 10.4. The lowest BCUT2D eigenvalue weighted by Crippen LogP contribution is -2.22. The maximum Gasteiger partial charge on any atom is 0.407 e. The number of para-hydroxylation sites is 1. The fourth-order valence-electron chi connectivity index (χ4n) is 1.67. The first-order chi connectivity index (χ1) is 7.72. The number of methoxy groups -OCH3 is 1. The second-order valence-corrected chi connectivity index (χ2v) is 3.48. The maximum absolute atomic E-state index is 11.0. The molecule has 2 aromatic rings. The summed E-state index contributed by atoms with van der Waals surface area (Å²) in [6.45, 7) is 2.30. The summed E-state index contributed by atoms with van der Waals surface area (Å²) in [7, 11) is 1.34. The number of carbonyl (C=O) groups is 1. The number of carbonyl (C=O) groups excluding carboxylic acids is 1. The zero-order valence-electron chi connectivity index (χ0n) is 9.24. The van der Waals surface area contributed by atoms with Crippen molar-refractivity contribution >= 4 is 17.1 Å². The molecule has 1 aromatic carbocycles. The minimum absolute atomic E-state index is 0.412. The molecular formula is C12H13NO3. The average Bonchev–Trinajstić information content (AvgIpc) is 2.62. The number of ether oxygens (including phenoxy) is 1. The second kappa shape index (κ2) is 4.26. The van der Waals surface area contributed by atoms with Crippen molar-refractivity contribution in [2.45, 2.75) is 13.5 Å². The number of benzene rings is 1. The number of hydrogen-bond donors (Lipinski definition) is 1. The summed E-state index contributed by atoms with van der Waals surface area (Å²) in [5, 5.41) is 3.67. The van der Waals surface area contributed by atoms with Crippen LogP contribution >= 0.6 is 0 Å². The van der Waals surface area contributed by atoms with E-state index in [0.717, 1.165) is 22.3 Å². The van der Waals surface area contributed by atoms with E-state index in [4.69, 9.17) is 4.42 Å². The summed E-state index contributed by atoms with van der Waals surface area (Å²) in [5.74, 6) is 0.817. The number of fused-ring (bicyclic) bond motifs is 1. The van der Waals surface area contributed by atoms with Crippen LogP contribution < -0.4 is 5.32 Å². The molecule has 16 heavy (non-hydrogen) atoms. The van der Waals surface area contributed by atoms with Crippen LogP contribution in [0, 0.1) is 6.92 Å². The molecule has 84 valence electrons. The van der Waals surface area contributed by atoms with Gasteiger partial charge in [0.15, 0.2) is 0 Å². The number of hydrogen-bond acceptors (Lipinski definition) is 3. The van der Waals surface area contributed by atoms with E-state index in [1.54, 1.807) is 0 Å². The van der Waals surface area contributed by atoms with Crippen molar-refractivity contribution in [3.63, 3.8) is 0 Å². The zero-order valence-corrected chi connectivity index (χ0v) is 9.24. The van der Waals surface area contributed by atoms with Crippen LogP contribution in [0.5, 0.6) is 0 Å². The van der Waals surface area contributed by atoms with Crippen molar-refractivity contribution in [3.05, 3.63) is 35.6 Å². The van der Waals surface area contributed by atoms with Crippen LogP contribution in [0.2, 0.25) is 0 Å². The van der Waals surface area contributed by atoms with Gasteiger partial charge in [-0.05, 0) is 13.0 Å². The molecule has 4 heteroatoms. The second-order valence-electron chi connectivity index (χ2n) is 3.48. The van der Waals surface area contributed by atoms with Gasteiger partial charge in [-0.1, -0.05) is 18.2 Å². The third kappa shape index (κ3) is 1.86. The van der Waals surface area contributed by atoms with E-state index >= 15 is 0 Å². The number of amides is 1. The quantitative estimate of drug-likeness (QED) is 0.844. The highest BCUT2D eigenvalue weighted by Gasteiger charge is 2.10. The van der Waals surface area contributed by atoms with Gasteiger partial charge < -0.3 is 14.5 Å². The first-order valence-corrected chi connectivity index (χ1v) is 5.01. The minimum Gasteiger partial charge on any atom is -0.461 e. The van der Waals surface area contributed by atoms with Crippen molar-refractivity contribution < 1.29 is 13.9 Å². The molecule has 0 atom stereocenters. The number of nitrogens with one attached hydrogen (secondary N) is 1. The molecule has 0 radical (unpaired) electrons. The van der Waals surface area contributed by atoms with E-state index in [9.17, 15) is 4.79 Å². The smallest absolute Gasteiger partial charge is 0.407 e. The molecule has 1 N–H and O–H groups in total. The number of alkyl carbamates (subject to hydrolysis) is 1. The van der Waals surface area contributed by atoms with Crippen LogP contribution in [-0.4, -0.2) is 13.2 Å². The van der Waals surface area contributed by atoms with Crippen LogP contribution in [-0.2, 0) is 11.3 Å². The number of aryl methyl sites for hydroxylation is 1. The van der Waals surface area contributed by atoms with E-state index in [2.05, 4.69) is 10.1 Å². The summed E-state index contributed by atoms with van der Waals surface area (Å²) < 4.78 is 10.1. The van der Waals surface area contributed by atoms with Crippen LogP contribution in [0.1, 0.15) is 11.3 Å². The Labute approximate surface area is 93.2 Å². The molecule has 0 spiro atoms. The Morgan fingerprint density at radius 3 is 2.94 bits per heavy atom. The Morgan fingerprint density at radius 1 is 1.44 bits per heavy atom. The van der Waals surface area contributed by atoms with E-state index in [1.165, 1.54) is 7.11 Å². The topological polar surface area (TPSA) is 51.5 Å². The SMILES string of the molecule is COC(=O)NCc1c(C)oc2ccccc12. The molecule has 1 aromatic heterocycles. The largest absolute Gasteiger partial charge is 0.461 e. The monoisotopic (exact) mass is 219 g/mol. The molecule has 0 saturated carbocycles. The van der Waals surface area contributed by atoms with Gasteiger partial charge in [-0.25, -0.2) is 4.79 Å². The molecular weight excluding hydrogens is 206 g/mol. The van der Waals surface area contributed by atoms with Gasteiger partial charge in [-0.3, -0.25) is 0 Å². The Morgan fingerprint density at radius 2 is 2.19 bits per heavy atom. The summed E-state index contributed by atoms with van der Waals surface area (Å²) in [6, 6.07) is 7.74. The van der Waals surface area contributed by atoms with Crippen LogP contribution in [0.4, 0.5) is 4.79 Å². The standard InChI is InChI=1S/C12H13NO3/c1-8-10(7-13-12(14)15-2)9-5-3-4-6-11(9)16-8/h3-6H,7H2,1-2H3,(H,13,14). The fraction of sp³-hybridized carbons (Fsp3) is 0.250. The molecule has 0 bridgehead atoms. The van der Waals surface area contributed by atoms with Gasteiger partial charge in [0.2, 0.25) is 0 Å². The van der Waals surface area contributed by atoms with E-state index in [-0.39, 0.29) is 0 Å². The van der Waals surface area contributed by atoms with Crippen LogP contribution in [0.15, 0.2) is 28.7 Å². The van der Waals surface area contributed by atoms with Gasteiger partial charge in [0, 0.05) is 10.9 Å². The van der Waals surface area contributed by atoms with Crippen LogP contribution in [0.3, 0.4) is 0 Å². The van der Waals surface area contributed by atoms with E-state index < -0.39 is 6.09 Å². The Kier molecular flexibility index (Phi) is 2.81. The molecule has 0 unspecified atom stereocenters. The molecule has 4 nitrogen and oxygen atoms in total. The van der Waals surface area contributed by atoms with Gasteiger partial charge in [-0.2, -0.15) is 0 Å². The highest BCUT2D eigenvalue weighted by molar-refractivity contribution is 5.82. The lowest BCUT2D eigenvalue weighted by molar-refractivity contribution is 0.170. The predicted molar refractivity (Wildman–Crippen MR) is 60.2 cm³/mol. The van der Waals surface area contributed by atoms with Gasteiger partial charge in [0.05, 0.1) is 13.7 Å². The molecule has 1 amide bonds. The van der Waals surface area contributed by atoms with Crippen molar-refractivity contribution in [1.82, 2.24) is 5.32 Å². The van der Waals surface area contributed by atoms with Crippen molar-refractivity contribution in [2.24, 2.45) is 0 Å². The number of furan rings is 1. The summed E-state index contributed by atoms with van der Waals surface area (Å²) >= 11 is 0. The maximum atomic E-state index is 11.0. The van der Waals surface area contributed by atoms with Gasteiger partial charge in [-0.15, -0.1) is 0 Å². The zero-order chi connectivity index (χ0) is 11.5. The van der Waals surface area contributed by atoms with Gasteiger partial charge >= 0.3 is 6.09 Å². The van der Waals surface area contributed by atoms with Gasteiger partial charge in [0.1, 0.15) is 11.3 Å². The molecule has 0 aliphatic rings. The molecule has 0 aliphatic carbocycles. The molecule has 0 saturated heterocycles. The summed E-state index contributed by atoms with van der Waals surface area (Å²) in [5.41, 5.74) is 1.82. The van der Waals surface area contributed by atoms with E-state index in [1.807, 2.05) is 31.2 Å². The van der Waals surface area contributed by atoms with Crippen molar-refractivity contribution in [3.8, 4) is 0 Å². The summed E-state index contributed by atoms with van der Waals surface area (Å²) in [4.78, 5) is 11.0. The summed E-state index contributed by atoms with van der Waals surface area (Å²) in [6.07, 6.45) is -0.440. The van der Waals surface area contributed by atoms with Crippen molar-refractivity contribution in [1.29, 1.82) is 0 Å². The highest BCUT2D eigenvalue weighted by atomic mass is 16.5. The Bertz CT molecular complexity index is 516. The number of rotatable bonds is 2. The predicted octanol–water partition coefficient (Wildman–Crippen LogP) is 2.60. The van der Waals surface area contributed by atoms with Gasteiger partial charge in [0.25, 0.3) is 0 Å². The lowest BCUT2D eigenvalue weighted by Gasteiger charge is -2.02. The lowest BCUT2D eigenvalue weighted by atomic mass is 10.1. The minimum atomic E-state index is -0.440. The Hall–Kier alpha value is -1.97. The van der Waals surface area contributed by atoms with E-state index in [0.29, 0.717) is 6.54 Å². The average molecular weight is 219 g/mol. The first-order valence-electron chi connectivity index (χ1n) is 5.01. The van der Waals surface area contributed by atoms with Crippen molar-refractivity contribution in [2.75, 3.05) is 7.11 Å². The molecule has 0 aliphatic heterocycles. The molecule has 0 fully saturated rings. The highest BCUT2D eigenvalue weighted by Crippen LogP contribution is 2.24. The third-order valence-corrected chi connectivity index (χ3v) is 2.50. The van der Waals surface area contributed by atoms with Crippen LogP contribution in [0.25, 0.3) is 11.0 Å².